The first-order valence-corrected chi connectivity index (χ1v) is 7.96. The van der Waals surface area contributed by atoms with Crippen molar-refractivity contribution in [2.45, 2.75) is 19.8 Å². The first-order valence-electron chi connectivity index (χ1n) is 5.35. The molecule has 0 saturated carbocycles. The van der Waals surface area contributed by atoms with Gasteiger partial charge in [-0.05, 0) is 25.3 Å². The summed E-state index contributed by atoms with van der Waals surface area (Å²) in [6.45, 7) is 5.57. The molecule has 84 valence electrons. The third-order valence-electron chi connectivity index (χ3n) is 2.81. The van der Waals surface area contributed by atoms with Gasteiger partial charge in [-0.3, -0.25) is 4.21 Å². The molecular weight excluding hydrogens is 262 g/mol. The maximum Gasteiger partial charge on any atom is 0.0363 e. The van der Waals surface area contributed by atoms with Gasteiger partial charge in [0.05, 0.1) is 0 Å². The van der Waals surface area contributed by atoms with E-state index in [0.29, 0.717) is 0 Å². The SMILES string of the molecule is CC(CCBr)CCN1CCS(=O)CC1. The van der Waals surface area contributed by atoms with Crippen LogP contribution >= 0.6 is 15.9 Å². The first kappa shape index (κ1) is 12.7. The van der Waals surface area contributed by atoms with Crippen LogP contribution in [-0.2, 0) is 10.8 Å². The molecule has 1 atom stereocenters. The highest BCUT2D eigenvalue weighted by atomic mass is 79.9. The van der Waals surface area contributed by atoms with Crippen LogP contribution in [-0.4, -0.2) is 45.6 Å². The largest absolute Gasteiger partial charge is 0.302 e. The highest BCUT2D eigenvalue weighted by Crippen LogP contribution is 2.11. The number of halogens is 1. The summed E-state index contributed by atoms with van der Waals surface area (Å²) in [4.78, 5) is 2.45. The highest BCUT2D eigenvalue weighted by Gasteiger charge is 2.15. The van der Waals surface area contributed by atoms with Crippen molar-refractivity contribution in [2.75, 3.05) is 36.5 Å². The number of hydrogen-bond donors (Lipinski definition) is 0. The molecule has 1 fully saturated rings. The first-order chi connectivity index (χ1) is 6.72. The fourth-order valence-electron chi connectivity index (χ4n) is 1.63. The fraction of sp³-hybridized carbons (Fsp3) is 1.00. The van der Waals surface area contributed by atoms with Crippen molar-refractivity contribution in [3.63, 3.8) is 0 Å². The summed E-state index contributed by atoms with van der Waals surface area (Å²) in [5.41, 5.74) is 0. The quantitative estimate of drug-likeness (QED) is 0.717. The van der Waals surface area contributed by atoms with Gasteiger partial charge >= 0.3 is 0 Å². The summed E-state index contributed by atoms with van der Waals surface area (Å²) < 4.78 is 11.1. The average molecular weight is 282 g/mol. The predicted molar refractivity (Wildman–Crippen MR) is 66.5 cm³/mol. The predicted octanol–water partition coefficient (Wildman–Crippen LogP) is 1.86. The Morgan fingerprint density at radius 1 is 1.36 bits per heavy atom. The van der Waals surface area contributed by atoms with Crippen LogP contribution in [0, 0.1) is 5.92 Å². The van der Waals surface area contributed by atoms with Crippen LogP contribution in [0.25, 0.3) is 0 Å². The van der Waals surface area contributed by atoms with Gasteiger partial charge in [-0.15, -0.1) is 0 Å². The molecule has 0 aromatic heterocycles. The molecule has 14 heavy (non-hydrogen) atoms. The summed E-state index contributed by atoms with van der Waals surface area (Å²) in [5, 5.41) is 1.11. The monoisotopic (exact) mass is 281 g/mol. The molecule has 0 aromatic rings. The topological polar surface area (TPSA) is 20.3 Å². The van der Waals surface area contributed by atoms with Gasteiger partial charge in [0.25, 0.3) is 0 Å². The van der Waals surface area contributed by atoms with Crippen molar-refractivity contribution in [2.24, 2.45) is 5.92 Å². The van der Waals surface area contributed by atoms with Crippen molar-refractivity contribution in [3.8, 4) is 0 Å². The molecule has 1 aliphatic rings. The molecule has 0 spiro atoms. The zero-order valence-electron chi connectivity index (χ0n) is 8.88. The second kappa shape index (κ2) is 6.96. The Hall–Kier alpha value is 0.590. The molecular formula is C10H20BrNOS. The molecule has 0 bridgehead atoms. The van der Waals surface area contributed by atoms with E-state index in [4.69, 9.17) is 0 Å². The summed E-state index contributed by atoms with van der Waals surface area (Å²) in [5.74, 6) is 2.57. The van der Waals surface area contributed by atoms with Crippen LogP contribution < -0.4 is 0 Å². The van der Waals surface area contributed by atoms with E-state index >= 15 is 0 Å². The fourth-order valence-corrected chi connectivity index (χ4v) is 3.54. The zero-order valence-corrected chi connectivity index (χ0v) is 11.3. The molecule has 1 heterocycles. The van der Waals surface area contributed by atoms with E-state index in [1.54, 1.807) is 0 Å². The van der Waals surface area contributed by atoms with E-state index < -0.39 is 10.8 Å². The Morgan fingerprint density at radius 3 is 2.57 bits per heavy atom. The van der Waals surface area contributed by atoms with Gasteiger partial charge in [0.1, 0.15) is 0 Å². The van der Waals surface area contributed by atoms with Gasteiger partial charge in [-0.2, -0.15) is 0 Å². The summed E-state index contributed by atoms with van der Waals surface area (Å²) in [6, 6.07) is 0. The van der Waals surface area contributed by atoms with Crippen LogP contribution in [0.3, 0.4) is 0 Å². The van der Waals surface area contributed by atoms with Gasteiger partial charge in [0.2, 0.25) is 0 Å². The lowest BCUT2D eigenvalue weighted by Crippen LogP contribution is -2.38. The minimum Gasteiger partial charge on any atom is -0.302 e. The lowest BCUT2D eigenvalue weighted by atomic mass is 10.1. The minimum atomic E-state index is -0.528. The van der Waals surface area contributed by atoms with Crippen LogP contribution in [0.2, 0.25) is 0 Å². The van der Waals surface area contributed by atoms with Crippen LogP contribution in [0.15, 0.2) is 0 Å². The maximum absolute atomic E-state index is 11.1. The zero-order chi connectivity index (χ0) is 10.4. The van der Waals surface area contributed by atoms with Crippen molar-refractivity contribution < 1.29 is 4.21 Å². The Bertz CT molecular complexity index is 179. The smallest absolute Gasteiger partial charge is 0.0363 e. The van der Waals surface area contributed by atoms with Gasteiger partial charge in [0.15, 0.2) is 0 Å². The number of alkyl halides is 1. The Labute approximate surface area is 98.0 Å². The van der Waals surface area contributed by atoms with Crippen LogP contribution in [0.4, 0.5) is 0 Å². The van der Waals surface area contributed by atoms with Gasteiger partial charge in [0, 0.05) is 40.7 Å². The summed E-state index contributed by atoms with van der Waals surface area (Å²) in [6.07, 6.45) is 2.54. The van der Waals surface area contributed by atoms with Gasteiger partial charge in [-0.1, -0.05) is 22.9 Å². The van der Waals surface area contributed by atoms with E-state index in [1.165, 1.54) is 19.4 Å². The third-order valence-corrected chi connectivity index (χ3v) is 4.54. The number of nitrogens with zero attached hydrogens (tertiary/aromatic N) is 1. The Morgan fingerprint density at radius 2 is 2.00 bits per heavy atom. The Kier molecular flexibility index (Phi) is 6.29. The van der Waals surface area contributed by atoms with Crippen LogP contribution in [0.5, 0.6) is 0 Å². The molecule has 2 nitrogen and oxygen atoms in total. The molecule has 1 aliphatic heterocycles. The molecule has 4 heteroatoms. The minimum absolute atomic E-state index is 0.528. The van der Waals surface area contributed by atoms with E-state index in [-0.39, 0.29) is 0 Å². The molecule has 1 unspecified atom stereocenters. The molecule has 0 aliphatic carbocycles. The van der Waals surface area contributed by atoms with Crippen LogP contribution in [0.1, 0.15) is 19.8 Å². The number of hydrogen-bond acceptors (Lipinski definition) is 2. The molecule has 0 N–H and O–H groups in total. The second-order valence-electron chi connectivity index (χ2n) is 4.06. The van der Waals surface area contributed by atoms with E-state index in [0.717, 1.165) is 35.8 Å². The average Bonchev–Trinajstić information content (AvgIpc) is 2.17. The van der Waals surface area contributed by atoms with Crippen molar-refractivity contribution in [1.29, 1.82) is 0 Å². The highest BCUT2D eigenvalue weighted by molar-refractivity contribution is 9.09. The molecule has 0 radical (unpaired) electrons. The lowest BCUT2D eigenvalue weighted by Gasteiger charge is -2.27. The molecule has 1 saturated heterocycles. The third kappa shape index (κ3) is 4.89. The lowest BCUT2D eigenvalue weighted by molar-refractivity contribution is 0.275. The van der Waals surface area contributed by atoms with E-state index in [1.807, 2.05) is 0 Å². The maximum atomic E-state index is 11.1. The summed E-state index contributed by atoms with van der Waals surface area (Å²) >= 11 is 3.47. The molecule has 0 aromatic carbocycles. The van der Waals surface area contributed by atoms with Crippen molar-refractivity contribution in [1.82, 2.24) is 4.90 Å². The normalized spacial score (nSPS) is 22.4. The standard InChI is InChI=1S/C10H20BrNOS/c1-10(2-4-11)3-5-12-6-8-14(13)9-7-12/h10H,2-9H2,1H3. The van der Waals surface area contributed by atoms with E-state index in [2.05, 4.69) is 27.8 Å². The second-order valence-corrected chi connectivity index (χ2v) is 6.55. The summed E-state index contributed by atoms with van der Waals surface area (Å²) in [7, 11) is -0.528. The number of rotatable bonds is 5. The van der Waals surface area contributed by atoms with Crippen molar-refractivity contribution in [3.05, 3.63) is 0 Å². The van der Waals surface area contributed by atoms with E-state index in [9.17, 15) is 4.21 Å². The molecule has 1 rings (SSSR count). The Balaban J connectivity index is 2.09. The molecule has 0 amide bonds. The van der Waals surface area contributed by atoms with Gasteiger partial charge in [-0.25, -0.2) is 0 Å². The van der Waals surface area contributed by atoms with Gasteiger partial charge < -0.3 is 4.90 Å². The van der Waals surface area contributed by atoms with Crippen molar-refractivity contribution >= 4 is 26.7 Å².